The van der Waals surface area contributed by atoms with Crippen molar-refractivity contribution in [2.45, 2.75) is 18.4 Å². The fraction of sp³-hybridized carbons (Fsp3) is 0.150. The van der Waals surface area contributed by atoms with E-state index in [4.69, 9.17) is 4.52 Å². The van der Waals surface area contributed by atoms with Gasteiger partial charge in [0, 0.05) is 35.9 Å². The molecule has 0 saturated carbocycles. The van der Waals surface area contributed by atoms with Crippen molar-refractivity contribution in [1.82, 2.24) is 14.7 Å². The van der Waals surface area contributed by atoms with Crippen LogP contribution < -0.4 is 5.32 Å². The van der Waals surface area contributed by atoms with Gasteiger partial charge in [0.25, 0.3) is 0 Å². The Morgan fingerprint density at radius 1 is 1.23 bits per heavy atom. The van der Waals surface area contributed by atoms with E-state index in [-0.39, 0.29) is 10.7 Å². The molecule has 0 aliphatic rings. The first-order valence-electron chi connectivity index (χ1n) is 8.96. The third kappa shape index (κ3) is 4.08. The highest BCUT2D eigenvalue weighted by atomic mass is 32.2. The number of carbonyl (C=O) groups excluding carboxylic acids is 1. The van der Waals surface area contributed by atoms with Gasteiger partial charge in [-0.2, -0.15) is 4.39 Å². The number of halogens is 1. The van der Waals surface area contributed by atoms with Crippen LogP contribution in [0.3, 0.4) is 0 Å². The summed E-state index contributed by atoms with van der Waals surface area (Å²) in [6.07, 6.45) is 2.88. The van der Waals surface area contributed by atoms with E-state index < -0.39 is 27.4 Å². The highest BCUT2D eigenvalue weighted by Crippen LogP contribution is 2.27. The van der Waals surface area contributed by atoms with Gasteiger partial charge in [0.05, 0.1) is 4.90 Å². The number of pyridine rings is 1. The summed E-state index contributed by atoms with van der Waals surface area (Å²) in [6.45, 7) is 1.96. The molecule has 8 nitrogen and oxygen atoms in total. The molecule has 0 spiro atoms. The molecule has 4 aromatic rings. The van der Waals surface area contributed by atoms with Gasteiger partial charge < -0.3 is 14.4 Å². The van der Waals surface area contributed by atoms with Crippen LogP contribution >= 0.6 is 0 Å². The molecule has 3 heterocycles. The van der Waals surface area contributed by atoms with Crippen LogP contribution in [0.15, 0.2) is 64.3 Å². The Hall–Kier alpha value is -3.53. The zero-order valence-electron chi connectivity index (χ0n) is 15.9. The van der Waals surface area contributed by atoms with Gasteiger partial charge in [-0.3, -0.25) is 4.79 Å². The number of anilines is 1. The summed E-state index contributed by atoms with van der Waals surface area (Å²) in [5.41, 5.74) is 1.38. The lowest BCUT2D eigenvalue weighted by atomic mass is 10.2. The lowest BCUT2D eigenvalue weighted by Gasteiger charge is -2.05. The SMILES string of the molecule is Cc1cc(NC(=O)CS(=O)(=O)c2cn(Cc3ccc(F)nc3)c3ccccc23)no1. The Bertz CT molecular complexity index is 1330. The van der Waals surface area contributed by atoms with Gasteiger partial charge >= 0.3 is 0 Å². The Morgan fingerprint density at radius 3 is 2.73 bits per heavy atom. The first kappa shape index (κ1) is 19.8. The van der Waals surface area contributed by atoms with Crippen molar-refractivity contribution in [2.75, 3.05) is 11.1 Å². The molecule has 0 unspecified atom stereocenters. The standard InChI is InChI=1S/C20H17FN4O4S/c1-13-8-19(24-29-13)23-20(26)12-30(27,28)17-11-25(16-5-3-2-4-15(16)17)10-14-6-7-18(21)22-9-14/h2-9,11H,10,12H2,1H3,(H,23,24,26). The molecular formula is C20H17FN4O4S. The molecule has 0 aliphatic carbocycles. The number of fused-ring (bicyclic) bond motifs is 1. The van der Waals surface area contributed by atoms with Crippen molar-refractivity contribution >= 4 is 32.5 Å². The van der Waals surface area contributed by atoms with Crippen LogP contribution in [0.4, 0.5) is 10.2 Å². The van der Waals surface area contributed by atoms with Gasteiger partial charge in [-0.1, -0.05) is 29.4 Å². The van der Waals surface area contributed by atoms with Crippen molar-refractivity contribution in [1.29, 1.82) is 0 Å². The van der Waals surface area contributed by atoms with Gasteiger partial charge in [0.1, 0.15) is 11.5 Å². The Labute approximate surface area is 171 Å². The van der Waals surface area contributed by atoms with Gasteiger partial charge in [-0.05, 0) is 24.6 Å². The number of hydrogen-bond donors (Lipinski definition) is 1. The highest BCUT2D eigenvalue weighted by molar-refractivity contribution is 7.92. The van der Waals surface area contributed by atoms with Crippen molar-refractivity contribution in [3.8, 4) is 0 Å². The lowest BCUT2D eigenvalue weighted by Crippen LogP contribution is -2.23. The Morgan fingerprint density at radius 2 is 2.03 bits per heavy atom. The summed E-state index contributed by atoms with van der Waals surface area (Å²) in [4.78, 5) is 15.9. The van der Waals surface area contributed by atoms with Crippen LogP contribution in [0.25, 0.3) is 10.9 Å². The van der Waals surface area contributed by atoms with E-state index in [2.05, 4.69) is 15.5 Å². The number of aromatic nitrogens is 3. The molecule has 0 fully saturated rings. The predicted octanol–water partition coefficient (Wildman–Crippen LogP) is 2.93. The van der Waals surface area contributed by atoms with Gasteiger partial charge in [0.15, 0.2) is 15.7 Å². The number of rotatable bonds is 6. The topological polar surface area (TPSA) is 107 Å². The minimum atomic E-state index is -3.94. The number of amides is 1. The van der Waals surface area contributed by atoms with Crippen LogP contribution in [0.2, 0.25) is 0 Å². The maximum absolute atomic E-state index is 13.1. The summed E-state index contributed by atoms with van der Waals surface area (Å²) >= 11 is 0. The van der Waals surface area contributed by atoms with Crippen LogP contribution in [0, 0.1) is 12.9 Å². The van der Waals surface area contributed by atoms with Crippen molar-refractivity contribution in [2.24, 2.45) is 0 Å². The summed E-state index contributed by atoms with van der Waals surface area (Å²) in [5, 5.41) is 6.54. The number of benzene rings is 1. The number of nitrogens with zero attached hydrogens (tertiary/aromatic N) is 3. The normalized spacial score (nSPS) is 11.7. The molecule has 1 amide bonds. The monoisotopic (exact) mass is 428 g/mol. The second-order valence-corrected chi connectivity index (χ2v) is 8.72. The summed E-state index contributed by atoms with van der Waals surface area (Å²) < 4.78 is 45.6. The number of hydrogen-bond acceptors (Lipinski definition) is 6. The fourth-order valence-corrected chi connectivity index (χ4v) is 4.51. The minimum absolute atomic E-state index is 0.0413. The second-order valence-electron chi connectivity index (χ2n) is 6.76. The minimum Gasteiger partial charge on any atom is -0.360 e. The van der Waals surface area contributed by atoms with Crippen LogP contribution in [-0.2, 0) is 21.2 Å². The molecular weight excluding hydrogens is 411 g/mol. The molecule has 0 radical (unpaired) electrons. The summed E-state index contributed by atoms with van der Waals surface area (Å²) in [7, 11) is -3.94. The first-order chi connectivity index (χ1) is 14.3. The Kier molecular flexibility index (Phi) is 5.08. The number of aryl methyl sites for hydroxylation is 1. The van der Waals surface area contributed by atoms with Crippen molar-refractivity contribution < 1.29 is 22.1 Å². The number of nitrogens with one attached hydrogen (secondary N) is 1. The number of carbonyl (C=O) groups is 1. The van der Waals surface area contributed by atoms with Crippen molar-refractivity contribution in [3.05, 3.63) is 72.1 Å². The smallest absolute Gasteiger partial charge is 0.241 e. The summed E-state index contributed by atoms with van der Waals surface area (Å²) in [5.74, 6) is -1.41. The van der Waals surface area contributed by atoms with E-state index in [1.54, 1.807) is 41.8 Å². The zero-order valence-corrected chi connectivity index (χ0v) is 16.7. The molecule has 154 valence electrons. The molecule has 0 bridgehead atoms. The maximum Gasteiger partial charge on any atom is 0.241 e. The number of sulfone groups is 1. The molecule has 0 atom stereocenters. The van der Waals surface area contributed by atoms with E-state index in [0.717, 1.165) is 0 Å². The molecule has 4 rings (SSSR count). The van der Waals surface area contributed by atoms with E-state index in [1.807, 2.05) is 0 Å². The number of para-hydroxylation sites is 1. The third-order valence-electron chi connectivity index (χ3n) is 4.45. The zero-order chi connectivity index (χ0) is 21.3. The van der Waals surface area contributed by atoms with E-state index >= 15 is 0 Å². The van der Waals surface area contributed by atoms with E-state index in [0.29, 0.717) is 28.8 Å². The predicted molar refractivity (Wildman–Crippen MR) is 107 cm³/mol. The second kappa shape index (κ2) is 7.71. The fourth-order valence-electron chi connectivity index (χ4n) is 3.14. The average molecular weight is 428 g/mol. The largest absolute Gasteiger partial charge is 0.360 e. The molecule has 3 aromatic heterocycles. The van der Waals surface area contributed by atoms with Gasteiger partial charge in [-0.25, -0.2) is 13.4 Å². The highest BCUT2D eigenvalue weighted by Gasteiger charge is 2.25. The maximum atomic E-state index is 13.1. The molecule has 10 heteroatoms. The van der Waals surface area contributed by atoms with Crippen LogP contribution in [0.1, 0.15) is 11.3 Å². The van der Waals surface area contributed by atoms with Crippen molar-refractivity contribution in [3.63, 3.8) is 0 Å². The average Bonchev–Trinajstić information content (AvgIpc) is 3.27. The lowest BCUT2D eigenvalue weighted by molar-refractivity contribution is -0.113. The van der Waals surface area contributed by atoms with Gasteiger partial charge in [0.2, 0.25) is 11.9 Å². The Balaban J connectivity index is 1.64. The van der Waals surface area contributed by atoms with Gasteiger partial charge in [-0.15, -0.1) is 0 Å². The molecule has 30 heavy (non-hydrogen) atoms. The van der Waals surface area contributed by atoms with Crippen LogP contribution in [0.5, 0.6) is 0 Å². The molecule has 0 saturated heterocycles. The van der Waals surface area contributed by atoms with Crippen LogP contribution in [-0.4, -0.2) is 34.8 Å². The molecule has 1 N–H and O–H groups in total. The molecule has 0 aliphatic heterocycles. The molecule has 1 aromatic carbocycles. The van der Waals surface area contributed by atoms with E-state index in [9.17, 15) is 17.6 Å². The third-order valence-corrected chi connectivity index (χ3v) is 6.08. The summed E-state index contributed by atoms with van der Waals surface area (Å²) in [6, 6.07) is 11.3. The first-order valence-corrected chi connectivity index (χ1v) is 10.6. The quantitative estimate of drug-likeness (QED) is 0.473. The van der Waals surface area contributed by atoms with E-state index in [1.165, 1.54) is 24.5 Å².